The van der Waals surface area contributed by atoms with E-state index in [2.05, 4.69) is 74.3 Å². The Balaban J connectivity index is 0.000000597. The average molecular weight is 358 g/mol. The number of benzene rings is 1. The second kappa shape index (κ2) is 10.8. The molecule has 0 aliphatic rings. The molecule has 0 saturated carbocycles. The molecule has 3 nitrogen and oxygen atoms in total. The average Bonchev–Trinajstić information content (AvgIpc) is 2.93. The number of aromatic nitrogens is 1. The number of hydrogen-bond donors (Lipinski definition) is 0. The molecule has 26 heavy (non-hydrogen) atoms. The minimum atomic E-state index is -0.245. The molecule has 0 radical (unpaired) electrons. The summed E-state index contributed by atoms with van der Waals surface area (Å²) in [5, 5.41) is 0. The topological polar surface area (TPSA) is 31.2 Å². The molecule has 3 heteroatoms. The first-order chi connectivity index (χ1) is 12.3. The molecule has 0 atom stereocenters. The molecule has 2 rings (SSSR count). The van der Waals surface area contributed by atoms with Gasteiger partial charge in [-0.2, -0.15) is 0 Å². The lowest BCUT2D eigenvalue weighted by Gasteiger charge is -2.15. The SMILES string of the molecule is CCCc1ccc(-n2c(C)ccc2C)cc1CCC(C)C.COC(C)=O. The predicted molar refractivity (Wildman–Crippen MR) is 110 cm³/mol. The third-order valence-electron chi connectivity index (χ3n) is 4.52. The number of carbonyl (C=O) groups excluding carboxylic acids is 1. The van der Waals surface area contributed by atoms with Crippen LogP contribution in [0.1, 0.15) is 63.1 Å². The highest BCUT2D eigenvalue weighted by Gasteiger charge is 2.09. The number of esters is 1. The van der Waals surface area contributed by atoms with Crippen LogP contribution in [0.5, 0.6) is 0 Å². The van der Waals surface area contributed by atoms with Crippen molar-refractivity contribution in [2.24, 2.45) is 5.92 Å². The normalized spacial score (nSPS) is 10.5. The molecular weight excluding hydrogens is 322 g/mol. The maximum Gasteiger partial charge on any atom is 0.302 e. The van der Waals surface area contributed by atoms with E-state index in [4.69, 9.17) is 0 Å². The molecule has 0 fully saturated rings. The van der Waals surface area contributed by atoms with E-state index in [9.17, 15) is 4.79 Å². The molecule has 1 aromatic carbocycles. The number of methoxy groups -OCH3 is 1. The maximum absolute atomic E-state index is 9.59. The fourth-order valence-corrected chi connectivity index (χ4v) is 3.02. The highest BCUT2D eigenvalue weighted by Crippen LogP contribution is 2.23. The highest BCUT2D eigenvalue weighted by molar-refractivity contribution is 5.65. The van der Waals surface area contributed by atoms with Gasteiger partial charge in [0.1, 0.15) is 0 Å². The Bertz CT molecular complexity index is 679. The van der Waals surface area contributed by atoms with E-state index in [1.807, 2.05) is 0 Å². The van der Waals surface area contributed by atoms with Crippen LogP contribution in [-0.2, 0) is 22.4 Å². The summed E-state index contributed by atoms with van der Waals surface area (Å²) in [4.78, 5) is 9.59. The highest BCUT2D eigenvalue weighted by atomic mass is 16.5. The Hall–Kier alpha value is -2.03. The van der Waals surface area contributed by atoms with E-state index >= 15 is 0 Å². The number of carbonyl (C=O) groups is 1. The molecule has 1 aromatic heterocycles. The Labute approximate surface area is 159 Å². The molecule has 0 amide bonds. The molecule has 0 saturated heterocycles. The lowest BCUT2D eigenvalue weighted by atomic mass is 9.95. The first kappa shape index (κ1) is 22.0. The molecule has 0 unspecified atom stereocenters. The zero-order chi connectivity index (χ0) is 19.7. The zero-order valence-electron chi connectivity index (χ0n) is 17.6. The van der Waals surface area contributed by atoms with Crippen LogP contribution < -0.4 is 0 Å². The lowest BCUT2D eigenvalue weighted by Crippen LogP contribution is -2.03. The molecule has 0 spiro atoms. The minimum Gasteiger partial charge on any atom is -0.469 e. The van der Waals surface area contributed by atoms with Gasteiger partial charge in [0.05, 0.1) is 7.11 Å². The lowest BCUT2D eigenvalue weighted by molar-refractivity contribution is -0.137. The Kier molecular flexibility index (Phi) is 9.18. The van der Waals surface area contributed by atoms with Crippen molar-refractivity contribution in [3.8, 4) is 5.69 Å². The molecule has 0 aliphatic heterocycles. The fourth-order valence-electron chi connectivity index (χ4n) is 3.02. The van der Waals surface area contributed by atoms with Crippen molar-refractivity contribution in [2.45, 2.75) is 67.2 Å². The van der Waals surface area contributed by atoms with Gasteiger partial charge in [-0.25, -0.2) is 0 Å². The van der Waals surface area contributed by atoms with Crippen LogP contribution in [0.15, 0.2) is 30.3 Å². The summed E-state index contributed by atoms with van der Waals surface area (Å²) < 4.78 is 6.47. The summed E-state index contributed by atoms with van der Waals surface area (Å²) in [6, 6.07) is 11.4. The Morgan fingerprint density at radius 3 is 2.08 bits per heavy atom. The Morgan fingerprint density at radius 2 is 1.62 bits per heavy atom. The summed E-state index contributed by atoms with van der Waals surface area (Å²) in [5.41, 5.74) is 7.00. The molecule has 0 bridgehead atoms. The fraction of sp³-hybridized carbons (Fsp3) is 0.522. The quantitative estimate of drug-likeness (QED) is 0.610. The standard InChI is InChI=1S/C20H29N.C3H6O2/c1-6-7-18-12-13-20(14-19(18)11-8-15(2)3)21-16(4)9-10-17(21)5;1-3(4)5-2/h9-10,12-15H,6-8,11H2,1-5H3;1-2H3. The van der Waals surface area contributed by atoms with Crippen LogP contribution in [0.2, 0.25) is 0 Å². The second-order valence-corrected chi connectivity index (χ2v) is 7.28. The van der Waals surface area contributed by atoms with Gasteiger partial charge in [0.2, 0.25) is 0 Å². The Morgan fingerprint density at radius 1 is 1.04 bits per heavy atom. The van der Waals surface area contributed by atoms with Crippen LogP contribution in [-0.4, -0.2) is 17.6 Å². The first-order valence-corrected chi connectivity index (χ1v) is 9.61. The molecule has 0 N–H and O–H groups in total. The molecule has 1 heterocycles. The van der Waals surface area contributed by atoms with Crippen molar-refractivity contribution in [1.82, 2.24) is 4.57 Å². The smallest absolute Gasteiger partial charge is 0.302 e. The van der Waals surface area contributed by atoms with Gasteiger partial charge >= 0.3 is 5.97 Å². The summed E-state index contributed by atoms with van der Waals surface area (Å²) in [7, 11) is 1.35. The van der Waals surface area contributed by atoms with Crippen molar-refractivity contribution < 1.29 is 9.53 Å². The minimum absolute atomic E-state index is 0.245. The van der Waals surface area contributed by atoms with Crippen LogP contribution in [0, 0.1) is 19.8 Å². The largest absolute Gasteiger partial charge is 0.469 e. The molecular formula is C23H35NO2. The van der Waals surface area contributed by atoms with Gasteiger partial charge in [-0.1, -0.05) is 33.3 Å². The van der Waals surface area contributed by atoms with E-state index in [1.165, 1.54) is 67.9 Å². The van der Waals surface area contributed by atoms with Gasteiger partial charge in [-0.15, -0.1) is 0 Å². The van der Waals surface area contributed by atoms with Crippen LogP contribution in [0.4, 0.5) is 0 Å². The van der Waals surface area contributed by atoms with E-state index in [0.717, 1.165) is 5.92 Å². The molecule has 2 aromatic rings. The molecule has 144 valence electrons. The van der Waals surface area contributed by atoms with Gasteiger partial charge in [-0.3, -0.25) is 4.79 Å². The van der Waals surface area contributed by atoms with Gasteiger partial charge in [0.15, 0.2) is 0 Å². The van der Waals surface area contributed by atoms with Crippen molar-refractivity contribution in [2.75, 3.05) is 7.11 Å². The third kappa shape index (κ3) is 6.70. The maximum atomic E-state index is 9.59. The van der Waals surface area contributed by atoms with Crippen molar-refractivity contribution in [3.63, 3.8) is 0 Å². The monoisotopic (exact) mass is 357 g/mol. The van der Waals surface area contributed by atoms with Gasteiger partial charge < -0.3 is 9.30 Å². The number of rotatable bonds is 6. The number of nitrogens with zero attached hydrogens (tertiary/aromatic N) is 1. The summed E-state index contributed by atoms with van der Waals surface area (Å²) in [6.07, 6.45) is 4.87. The van der Waals surface area contributed by atoms with Crippen LogP contribution >= 0.6 is 0 Å². The summed E-state index contributed by atoms with van der Waals surface area (Å²) in [5.74, 6) is 0.517. The summed E-state index contributed by atoms with van der Waals surface area (Å²) in [6.45, 7) is 12.6. The van der Waals surface area contributed by atoms with Crippen molar-refractivity contribution in [3.05, 3.63) is 52.8 Å². The third-order valence-corrected chi connectivity index (χ3v) is 4.52. The van der Waals surface area contributed by atoms with Crippen LogP contribution in [0.25, 0.3) is 5.69 Å². The van der Waals surface area contributed by atoms with E-state index < -0.39 is 0 Å². The van der Waals surface area contributed by atoms with E-state index in [0.29, 0.717) is 0 Å². The van der Waals surface area contributed by atoms with Crippen molar-refractivity contribution >= 4 is 5.97 Å². The predicted octanol–water partition coefficient (Wildman–Crippen LogP) is 5.81. The van der Waals surface area contributed by atoms with E-state index in [1.54, 1.807) is 0 Å². The first-order valence-electron chi connectivity index (χ1n) is 9.61. The zero-order valence-corrected chi connectivity index (χ0v) is 17.6. The summed E-state index contributed by atoms with van der Waals surface area (Å²) >= 11 is 0. The number of ether oxygens (including phenoxy) is 1. The van der Waals surface area contributed by atoms with E-state index in [-0.39, 0.29) is 5.97 Å². The number of hydrogen-bond acceptors (Lipinski definition) is 2. The number of aryl methyl sites for hydroxylation is 4. The molecule has 0 aliphatic carbocycles. The van der Waals surface area contributed by atoms with Crippen molar-refractivity contribution in [1.29, 1.82) is 0 Å². The van der Waals surface area contributed by atoms with Gasteiger partial charge in [-0.05, 0) is 74.4 Å². The second-order valence-electron chi connectivity index (χ2n) is 7.28. The van der Waals surface area contributed by atoms with Gasteiger partial charge in [0.25, 0.3) is 0 Å². The van der Waals surface area contributed by atoms with Crippen LogP contribution in [0.3, 0.4) is 0 Å². The van der Waals surface area contributed by atoms with Gasteiger partial charge in [0, 0.05) is 24.0 Å².